The van der Waals surface area contributed by atoms with E-state index in [1.165, 1.54) is 6.42 Å². The summed E-state index contributed by atoms with van der Waals surface area (Å²) >= 11 is 0. The molecule has 1 spiro atoms. The van der Waals surface area contributed by atoms with Crippen molar-refractivity contribution >= 4 is 5.91 Å². The molecule has 3 aliphatic heterocycles. The van der Waals surface area contributed by atoms with Crippen LogP contribution in [0, 0.1) is 11.8 Å². The standard InChI is InChI=1S/C25H45N3O4/c1-3-8-28-20-21(17-22-19-25(7-6-23(22)28)31-15-16-32-25)18-24(29)27(4-2)11-10-26-9-5-13-30-14-12-26/h21-23H,3-20H2,1-2H3/t21-,22-,23-/m1/s1. The molecule has 7 nitrogen and oxygen atoms in total. The van der Waals surface area contributed by atoms with Crippen LogP contribution in [0.15, 0.2) is 0 Å². The number of amides is 1. The molecule has 3 saturated heterocycles. The molecule has 3 atom stereocenters. The first kappa shape index (κ1) is 24.4. The number of carbonyl (C=O) groups excluding carboxylic acids is 1. The smallest absolute Gasteiger partial charge is 0.222 e. The van der Waals surface area contributed by atoms with Gasteiger partial charge >= 0.3 is 0 Å². The number of carbonyl (C=O) groups is 1. The van der Waals surface area contributed by atoms with Crippen molar-refractivity contribution in [3.8, 4) is 0 Å². The molecular formula is C25H45N3O4. The number of hydrogen-bond donors (Lipinski definition) is 0. The zero-order valence-electron chi connectivity index (χ0n) is 20.4. The van der Waals surface area contributed by atoms with Crippen LogP contribution in [0.1, 0.15) is 58.8 Å². The van der Waals surface area contributed by atoms with Crippen LogP contribution in [0.5, 0.6) is 0 Å². The van der Waals surface area contributed by atoms with Crippen LogP contribution in [0.25, 0.3) is 0 Å². The summed E-state index contributed by atoms with van der Waals surface area (Å²) < 4.78 is 17.7. The molecule has 0 aromatic rings. The largest absolute Gasteiger partial charge is 0.380 e. The number of hydrogen-bond acceptors (Lipinski definition) is 6. The molecule has 1 saturated carbocycles. The summed E-state index contributed by atoms with van der Waals surface area (Å²) in [5.41, 5.74) is 0. The second kappa shape index (κ2) is 11.6. The fraction of sp³-hybridized carbons (Fsp3) is 0.960. The van der Waals surface area contributed by atoms with Crippen molar-refractivity contribution in [2.24, 2.45) is 11.8 Å². The zero-order valence-corrected chi connectivity index (χ0v) is 20.4. The predicted octanol–water partition coefficient (Wildman–Crippen LogP) is 2.59. The minimum Gasteiger partial charge on any atom is -0.380 e. The van der Waals surface area contributed by atoms with Crippen molar-refractivity contribution < 1.29 is 19.0 Å². The maximum atomic E-state index is 13.3. The molecule has 0 aromatic carbocycles. The van der Waals surface area contributed by atoms with Gasteiger partial charge in [-0.1, -0.05) is 6.92 Å². The molecule has 4 aliphatic rings. The van der Waals surface area contributed by atoms with E-state index in [1.54, 1.807) is 0 Å². The molecule has 3 heterocycles. The Morgan fingerprint density at radius 3 is 2.72 bits per heavy atom. The van der Waals surface area contributed by atoms with Crippen molar-refractivity contribution in [2.45, 2.75) is 70.6 Å². The van der Waals surface area contributed by atoms with E-state index in [-0.39, 0.29) is 5.79 Å². The van der Waals surface area contributed by atoms with Gasteiger partial charge in [-0.2, -0.15) is 0 Å². The van der Waals surface area contributed by atoms with E-state index in [4.69, 9.17) is 14.2 Å². The lowest BCUT2D eigenvalue weighted by molar-refractivity contribution is -0.203. The topological polar surface area (TPSA) is 54.5 Å². The van der Waals surface area contributed by atoms with Crippen molar-refractivity contribution in [1.82, 2.24) is 14.7 Å². The van der Waals surface area contributed by atoms with E-state index >= 15 is 0 Å². The molecular weight excluding hydrogens is 406 g/mol. The fourth-order valence-electron chi connectivity index (χ4n) is 6.50. The first-order valence-electron chi connectivity index (χ1n) is 13.2. The second-order valence-corrected chi connectivity index (χ2v) is 10.3. The minimum absolute atomic E-state index is 0.331. The van der Waals surface area contributed by atoms with Gasteiger partial charge in [-0.15, -0.1) is 0 Å². The maximum absolute atomic E-state index is 13.3. The Hall–Kier alpha value is -0.730. The number of likely N-dealkylation sites (N-methyl/N-ethyl adjacent to an activating group) is 1. The van der Waals surface area contributed by atoms with Gasteiger partial charge in [0.1, 0.15) is 0 Å². The van der Waals surface area contributed by atoms with Crippen LogP contribution >= 0.6 is 0 Å². The summed E-state index contributed by atoms with van der Waals surface area (Å²) in [7, 11) is 0. The highest BCUT2D eigenvalue weighted by Crippen LogP contribution is 2.45. The summed E-state index contributed by atoms with van der Waals surface area (Å²) in [6, 6.07) is 0.632. The molecule has 0 N–H and O–H groups in total. The van der Waals surface area contributed by atoms with Crippen LogP contribution < -0.4 is 0 Å². The summed E-state index contributed by atoms with van der Waals surface area (Å²) in [5.74, 6) is 1.01. The highest BCUT2D eigenvalue weighted by Gasteiger charge is 2.49. The minimum atomic E-state index is -0.336. The van der Waals surface area contributed by atoms with Gasteiger partial charge in [0, 0.05) is 71.2 Å². The molecule has 1 amide bonds. The van der Waals surface area contributed by atoms with Crippen LogP contribution in [0.3, 0.4) is 0 Å². The first-order valence-corrected chi connectivity index (χ1v) is 13.2. The number of ether oxygens (including phenoxy) is 3. The van der Waals surface area contributed by atoms with Gasteiger partial charge in [-0.05, 0) is 51.0 Å². The number of nitrogens with zero attached hydrogens (tertiary/aromatic N) is 3. The fourth-order valence-corrected chi connectivity index (χ4v) is 6.50. The quantitative estimate of drug-likeness (QED) is 0.565. The number of fused-ring (bicyclic) bond motifs is 1. The van der Waals surface area contributed by atoms with Crippen LogP contribution in [-0.4, -0.2) is 105 Å². The molecule has 0 radical (unpaired) electrons. The Kier molecular flexibility index (Phi) is 8.85. The van der Waals surface area contributed by atoms with Crippen molar-refractivity contribution in [2.75, 3.05) is 72.2 Å². The maximum Gasteiger partial charge on any atom is 0.222 e. The zero-order chi connectivity index (χ0) is 22.4. The van der Waals surface area contributed by atoms with Crippen molar-refractivity contribution in [3.63, 3.8) is 0 Å². The Labute approximate surface area is 194 Å². The summed E-state index contributed by atoms with van der Waals surface area (Å²) in [5, 5.41) is 0. The SMILES string of the molecule is CCCN1C[C@@H](CC(=O)N(CC)CCN2CCCOCC2)C[C@@H]2CC3(CC[C@H]21)OCCO3. The van der Waals surface area contributed by atoms with E-state index in [9.17, 15) is 4.79 Å². The first-order chi connectivity index (χ1) is 15.6. The highest BCUT2D eigenvalue weighted by molar-refractivity contribution is 5.76. The third kappa shape index (κ3) is 6.03. The molecule has 7 heteroatoms. The van der Waals surface area contributed by atoms with Gasteiger partial charge in [0.05, 0.1) is 19.8 Å². The molecule has 32 heavy (non-hydrogen) atoms. The van der Waals surface area contributed by atoms with E-state index in [0.29, 0.717) is 30.2 Å². The molecule has 0 bridgehead atoms. The van der Waals surface area contributed by atoms with Crippen molar-refractivity contribution in [3.05, 3.63) is 0 Å². The average Bonchev–Trinajstić information content (AvgIpc) is 3.06. The van der Waals surface area contributed by atoms with Crippen molar-refractivity contribution in [1.29, 1.82) is 0 Å². The second-order valence-electron chi connectivity index (χ2n) is 10.3. The molecule has 0 unspecified atom stereocenters. The van der Waals surface area contributed by atoms with E-state index in [0.717, 1.165) is 104 Å². The number of rotatable bonds is 8. The monoisotopic (exact) mass is 451 g/mol. The van der Waals surface area contributed by atoms with E-state index in [1.807, 2.05) is 0 Å². The Bertz CT molecular complexity index is 590. The molecule has 4 rings (SSSR count). The van der Waals surface area contributed by atoms with Gasteiger partial charge in [0.2, 0.25) is 5.91 Å². The lowest BCUT2D eigenvalue weighted by atomic mass is 9.72. The Balaban J connectivity index is 1.32. The van der Waals surface area contributed by atoms with Crippen LogP contribution in [0.2, 0.25) is 0 Å². The van der Waals surface area contributed by atoms with Crippen LogP contribution in [0.4, 0.5) is 0 Å². The molecule has 0 aromatic heterocycles. The Morgan fingerprint density at radius 2 is 1.94 bits per heavy atom. The number of piperidine rings is 1. The molecule has 184 valence electrons. The van der Waals surface area contributed by atoms with Gasteiger partial charge in [0.25, 0.3) is 0 Å². The lowest BCUT2D eigenvalue weighted by Crippen LogP contribution is -2.55. The lowest BCUT2D eigenvalue weighted by Gasteiger charge is -2.51. The van der Waals surface area contributed by atoms with Gasteiger partial charge in [0.15, 0.2) is 5.79 Å². The van der Waals surface area contributed by atoms with Gasteiger partial charge in [-0.25, -0.2) is 0 Å². The van der Waals surface area contributed by atoms with E-state index in [2.05, 4.69) is 28.5 Å². The summed E-state index contributed by atoms with van der Waals surface area (Å²) in [6.07, 6.45) is 7.24. The molecule has 1 aliphatic carbocycles. The summed E-state index contributed by atoms with van der Waals surface area (Å²) in [6.45, 7) is 14.4. The predicted molar refractivity (Wildman–Crippen MR) is 124 cm³/mol. The normalized spacial score (nSPS) is 31.4. The van der Waals surface area contributed by atoms with Gasteiger partial charge < -0.3 is 19.1 Å². The third-order valence-electron chi connectivity index (χ3n) is 8.06. The van der Waals surface area contributed by atoms with Crippen LogP contribution in [-0.2, 0) is 19.0 Å². The number of likely N-dealkylation sites (tertiary alicyclic amines) is 1. The molecule has 4 fully saturated rings. The summed E-state index contributed by atoms with van der Waals surface area (Å²) in [4.78, 5) is 20.5. The van der Waals surface area contributed by atoms with Gasteiger partial charge in [-0.3, -0.25) is 14.6 Å². The highest BCUT2D eigenvalue weighted by atomic mass is 16.7. The van der Waals surface area contributed by atoms with E-state index < -0.39 is 0 Å². The average molecular weight is 452 g/mol. The third-order valence-corrected chi connectivity index (χ3v) is 8.06. The Morgan fingerprint density at radius 1 is 1.09 bits per heavy atom.